The first kappa shape index (κ1) is 17.0. The number of nitrogens with zero attached hydrogens (tertiary/aromatic N) is 1. The minimum absolute atomic E-state index is 0.151. The van der Waals surface area contributed by atoms with E-state index in [2.05, 4.69) is 29.4 Å². The Morgan fingerprint density at radius 3 is 2.43 bits per heavy atom. The molecular weight excluding hydrogens is 270 g/mol. The predicted molar refractivity (Wildman–Crippen MR) is 82.5 cm³/mol. The molecule has 0 spiro atoms. The van der Waals surface area contributed by atoms with Crippen LogP contribution in [0.1, 0.15) is 31.1 Å². The van der Waals surface area contributed by atoms with Gasteiger partial charge in [-0.1, -0.05) is 13.8 Å². The monoisotopic (exact) mass is 293 g/mol. The Balaban J connectivity index is 2.60. The van der Waals surface area contributed by atoms with Crippen LogP contribution in [0.2, 0.25) is 0 Å². The van der Waals surface area contributed by atoms with Crippen LogP contribution in [-0.2, 0) is 4.79 Å². The number of phenols is 1. The zero-order valence-corrected chi connectivity index (χ0v) is 12.8. The number of carbonyl (C=O) groups is 2. The van der Waals surface area contributed by atoms with Crippen molar-refractivity contribution < 1.29 is 14.7 Å². The minimum Gasteiger partial charge on any atom is -0.507 e. The highest BCUT2D eigenvalue weighted by Crippen LogP contribution is 2.21. The van der Waals surface area contributed by atoms with Crippen LogP contribution in [-0.4, -0.2) is 48.0 Å². The van der Waals surface area contributed by atoms with Crippen molar-refractivity contribution in [1.82, 2.24) is 10.2 Å². The molecule has 0 aliphatic heterocycles. The van der Waals surface area contributed by atoms with Gasteiger partial charge in [0.1, 0.15) is 5.75 Å². The topological polar surface area (TPSA) is 81.7 Å². The van der Waals surface area contributed by atoms with Gasteiger partial charge in [0.15, 0.2) is 0 Å². The number of aromatic hydroxyl groups is 1. The molecule has 0 saturated heterocycles. The van der Waals surface area contributed by atoms with Crippen LogP contribution >= 0.6 is 0 Å². The molecule has 0 unspecified atom stereocenters. The average Bonchev–Trinajstić information content (AvgIpc) is 2.43. The Hall–Kier alpha value is -2.08. The van der Waals surface area contributed by atoms with Gasteiger partial charge in [-0.15, -0.1) is 0 Å². The van der Waals surface area contributed by atoms with Crippen LogP contribution in [0.5, 0.6) is 5.75 Å². The van der Waals surface area contributed by atoms with Gasteiger partial charge >= 0.3 is 0 Å². The molecule has 1 aromatic carbocycles. The molecule has 3 N–H and O–H groups in total. The molecule has 0 fully saturated rings. The standard InChI is InChI=1S/C15H23N3O3/c1-4-18(5-2)9-8-16-15(21)13-7-6-12(10-14(13)20)17-11(3)19/h6-7,10,20H,4-5,8-9H2,1-3H3,(H,16,21)(H,17,19). The molecule has 21 heavy (non-hydrogen) atoms. The fourth-order valence-electron chi connectivity index (χ4n) is 1.97. The van der Waals surface area contributed by atoms with E-state index in [1.54, 1.807) is 6.07 Å². The first-order valence-electron chi connectivity index (χ1n) is 7.09. The summed E-state index contributed by atoms with van der Waals surface area (Å²) in [6.45, 7) is 8.67. The van der Waals surface area contributed by atoms with Crippen molar-refractivity contribution in [2.45, 2.75) is 20.8 Å². The van der Waals surface area contributed by atoms with Crippen molar-refractivity contribution >= 4 is 17.5 Å². The van der Waals surface area contributed by atoms with Crippen LogP contribution in [0.3, 0.4) is 0 Å². The van der Waals surface area contributed by atoms with Gasteiger partial charge in [-0.05, 0) is 25.2 Å². The molecule has 0 heterocycles. The van der Waals surface area contributed by atoms with Crippen LogP contribution < -0.4 is 10.6 Å². The number of anilines is 1. The second-order valence-electron chi connectivity index (χ2n) is 4.70. The third kappa shape index (κ3) is 5.43. The van der Waals surface area contributed by atoms with E-state index in [-0.39, 0.29) is 23.1 Å². The fraction of sp³-hybridized carbons (Fsp3) is 0.467. The second-order valence-corrected chi connectivity index (χ2v) is 4.70. The largest absolute Gasteiger partial charge is 0.507 e. The second kappa shape index (κ2) is 8.26. The van der Waals surface area contributed by atoms with E-state index in [0.29, 0.717) is 12.2 Å². The van der Waals surface area contributed by atoms with E-state index in [9.17, 15) is 14.7 Å². The van der Waals surface area contributed by atoms with E-state index in [1.807, 2.05) is 0 Å². The number of likely N-dealkylation sites (N-methyl/N-ethyl adjacent to an activating group) is 1. The molecule has 0 aliphatic carbocycles. The summed E-state index contributed by atoms with van der Waals surface area (Å²) in [5, 5.41) is 15.2. The Morgan fingerprint density at radius 2 is 1.90 bits per heavy atom. The molecular formula is C15H23N3O3. The van der Waals surface area contributed by atoms with E-state index in [1.165, 1.54) is 19.1 Å². The minimum atomic E-state index is -0.325. The van der Waals surface area contributed by atoms with Crippen molar-refractivity contribution in [2.24, 2.45) is 0 Å². The quantitative estimate of drug-likeness (QED) is 0.710. The maximum absolute atomic E-state index is 12.0. The van der Waals surface area contributed by atoms with Gasteiger partial charge in [0.05, 0.1) is 5.56 Å². The number of carbonyl (C=O) groups excluding carboxylic acids is 2. The van der Waals surface area contributed by atoms with E-state index in [4.69, 9.17) is 0 Å². The first-order chi connectivity index (χ1) is 9.97. The summed E-state index contributed by atoms with van der Waals surface area (Å²) in [7, 11) is 0. The normalized spacial score (nSPS) is 10.5. The Kier molecular flexibility index (Phi) is 6.68. The van der Waals surface area contributed by atoms with Crippen molar-refractivity contribution in [1.29, 1.82) is 0 Å². The van der Waals surface area contributed by atoms with Crippen LogP contribution in [0.4, 0.5) is 5.69 Å². The third-order valence-corrected chi connectivity index (χ3v) is 3.17. The first-order valence-corrected chi connectivity index (χ1v) is 7.09. The molecule has 116 valence electrons. The SMILES string of the molecule is CCN(CC)CCNC(=O)c1ccc(NC(C)=O)cc1O. The van der Waals surface area contributed by atoms with Gasteiger partial charge in [-0.3, -0.25) is 9.59 Å². The molecule has 1 rings (SSSR count). The molecule has 0 aromatic heterocycles. The van der Waals surface area contributed by atoms with Gasteiger partial charge in [0.25, 0.3) is 5.91 Å². The van der Waals surface area contributed by atoms with E-state index < -0.39 is 0 Å². The van der Waals surface area contributed by atoms with Gasteiger partial charge in [0.2, 0.25) is 5.91 Å². The van der Waals surface area contributed by atoms with Crippen molar-refractivity contribution in [3.8, 4) is 5.75 Å². The summed E-state index contributed by atoms with van der Waals surface area (Å²) in [5.41, 5.74) is 0.656. The lowest BCUT2D eigenvalue weighted by Gasteiger charge is -2.18. The molecule has 0 atom stereocenters. The molecule has 6 nitrogen and oxygen atoms in total. The maximum Gasteiger partial charge on any atom is 0.255 e. The van der Waals surface area contributed by atoms with E-state index in [0.717, 1.165) is 19.6 Å². The lowest BCUT2D eigenvalue weighted by atomic mass is 10.1. The summed E-state index contributed by atoms with van der Waals surface area (Å²) < 4.78 is 0. The molecule has 0 bridgehead atoms. The predicted octanol–water partition coefficient (Wildman–Crippen LogP) is 1.42. The number of benzene rings is 1. The van der Waals surface area contributed by atoms with Crippen LogP contribution in [0.25, 0.3) is 0 Å². The average molecular weight is 293 g/mol. The lowest BCUT2D eigenvalue weighted by molar-refractivity contribution is -0.114. The molecule has 1 aromatic rings. The molecule has 6 heteroatoms. The highest BCUT2D eigenvalue weighted by atomic mass is 16.3. The summed E-state index contributed by atoms with van der Waals surface area (Å²) >= 11 is 0. The van der Waals surface area contributed by atoms with E-state index >= 15 is 0 Å². The number of rotatable bonds is 7. The Labute approximate surface area is 125 Å². The fourth-order valence-corrected chi connectivity index (χ4v) is 1.97. The van der Waals surface area contributed by atoms with Crippen LogP contribution in [0.15, 0.2) is 18.2 Å². The van der Waals surface area contributed by atoms with Gasteiger partial charge in [0, 0.05) is 31.8 Å². The Bertz CT molecular complexity index is 499. The van der Waals surface area contributed by atoms with Crippen molar-refractivity contribution in [3.05, 3.63) is 23.8 Å². The highest BCUT2D eigenvalue weighted by Gasteiger charge is 2.12. The van der Waals surface area contributed by atoms with Gasteiger partial charge in [-0.2, -0.15) is 0 Å². The third-order valence-electron chi connectivity index (χ3n) is 3.17. The maximum atomic E-state index is 12.0. The molecule has 0 radical (unpaired) electrons. The summed E-state index contributed by atoms with van der Waals surface area (Å²) in [4.78, 5) is 25.1. The number of amides is 2. The van der Waals surface area contributed by atoms with Crippen molar-refractivity contribution in [3.63, 3.8) is 0 Å². The van der Waals surface area contributed by atoms with Gasteiger partial charge < -0.3 is 20.6 Å². The molecule has 0 saturated carbocycles. The zero-order valence-electron chi connectivity index (χ0n) is 12.8. The number of phenolic OH excluding ortho intramolecular Hbond substituents is 1. The Morgan fingerprint density at radius 1 is 1.24 bits per heavy atom. The summed E-state index contributed by atoms with van der Waals surface area (Å²) in [6.07, 6.45) is 0. The number of nitrogens with one attached hydrogen (secondary N) is 2. The molecule has 0 aliphatic rings. The summed E-state index contributed by atoms with van der Waals surface area (Å²) in [6, 6.07) is 4.44. The smallest absolute Gasteiger partial charge is 0.255 e. The zero-order chi connectivity index (χ0) is 15.8. The summed E-state index contributed by atoms with van der Waals surface area (Å²) in [5.74, 6) is -0.707. The highest BCUT2D eigenvalue weighted by molar-refractivity contribution is 5.98. The lowest BCUT2D eigenvalue weighted by Crippen LogP contribution is -2.34. The van der Waals surface area contributed by atoms with Crippen LogP contribution in [0, 0.1) is 0 Å². The molecule has 2 amide bonds. The number of hydrogen-bond acceptors (Lipinski definition) is 4. The van der Waals surface area contributed by atoms with Crippen molar-refractivity contribution in [2.75, 3.05) is 31.5 Å². The van der Waals surface area contributed by atoms with Gasteiger partial charge in [-0.25, -0.2) is 0 Å². The number of hydrogen-bond donors (Lipinski definition) is 3.